The van der Waals surface area contributed by atoms with Crippen molar-refractivity contribution in [3.8, 4) is 0 Å². The fraction of sp³-hybridized carbons (Fsp3) is 0.875. The largest absolute Gasteiger partial charge is 0.480 e. The molecule has 84 valence electrons. The predicted molar refractivity (Wildman–Crippen MR) is 54.5 cm³/mol. The molecule has 1 saturated heterocycles. The molecule has 0 aromatic rings. The van der Waals surface area contributed by atoms with E-state index in [-0.39, 0.29) is 6.54 Å². The second-order valence-corrected chi connectivity index (χ2v) is 3.41. The molecule has 1 rings (SSSR count). The molecule has 0 aromatic carbocycles. The molecule has 1 heterocycles. The molecule has 1 aliphatic rings. The van der Waals surface area contributed by atoms with Crippen molar-refractivity contribution in [3.63, 3.8) is 0 Å². The van der Waals surface area contributed by atoms with E-state index in [9.17, 15) is 4.79 Å². The van der Waals surface area contributed by atoms with E-state index in [2.05, 4.69) is 15.3 Å². The molecule has 0 bridgehead atoms. The Morgan fingerprint density at radius 2 is 2.40 bits per heavy atom. The van der Waals surface area contributed by atoms with Crippen molar-refractivity contribution in [2.45, 2.75) is 12.5 Å². The summed E-state index contributed by atoms with van der Waals surface area (Å²) >= 11 is 0. The topological polar surface area (TPSA) is 101 Å². The third-order valence-electron chi connectivity index (χ3n) is 2.42. The van der Waals surface area contributed by atoms with Gasteiger partial charge in [0.1, 0.15) is 6.04 Å². The Morgan fingerprint density at radius 1 is 1.60 bits per heavy atom. The molecule has 0 amide bonds. The number of nitrogens with zero attached hydrogens (tertiary/aromatic N) is 4. The van der Waals surface area contributed by atoms with Gasteiger partial charge in [-0.3, -0.25) is 9.69 Å². The van der Waals surface area contributed by atoms with Crippen molar-refractivity contribution in [1.82, 2.24) is 10.2 Å². The molecule has 0 radical (unpaired) electrons. The molecule has 1 atom stereocenters. The van der Waals surface area contributed by atoms with Crippen LogP contribution in [0.5, 0.6) is 0 Å². The first-order chi connectivity index (χ1) is 7.25. The van der Waals surface area contributed by atoms with Crippen LogP contribution in [0.25, 0.3) is 10.4 Å². The number of azide groups is 1. The Balaban J connectivity index is 2.59. The summed E-state index contributed by atoms with van der Waals surface area (Å²) in [6.07, 6.45) is 0.917. The van der Waals surface area contributed by atoms with Gasteiger partial charge in [0, 0.05) is 24.5 Å². The average Bonchev–Trinajstić information content (AvgIpc) is 2.47. The molecular weight excluding hydrogens is 198 g/mol. The van der Waals surface area contributed by atoms with Gasteiger partial charge < -0.3 is 10.4 Å². The van der Waals surface area contributed by atoms with Gasteiger partial charge in [-0.2, -0.15) is 0 Å². The third-order valence-corrected chi connectivity index (χ3v) is 2.42. The van der Waals surface area contributed by atoms with Crippen LogP contribution in [0.4, 0.5) is 0 Å². The monoisotopic (exact) mass is 213 g/mol. The zero-order valence-corrected chi connectivity index (χ0v) is 8.46. The highest BCUT2D eigenvalue weighted by Crippen LogP contribution is 2.04. The molecule has 1 fully saturated rings. The number of hydrogen-bond donors (Lipinski definition) is 2. The number of hydrogen-bond acceptors (Lipinski definition) is 4. The summed E-state index contributed by atoms with van der Waals surface area (Å²) in [6.45, 7) is 3.08. The van der Waals surface area contributed by atoms with E-state index in [0.29, 0.717) is 6.54 Å². The van der Waals surface area contributed by atoms with Crippen LogP contribution in [0.3, 0.4) is 0 Å². The van der Waals surface area contributed by atoms with E-state index >= 15 is 0 Å². The van der Waals surface area contributed by atoms with E-state index < -0.39 is 12.0 Å². The van der Waals surface area contributed by atoms with Crippen molar-refractivity contribution in [2.75, 3.05) is 32.7 Å². The second kappa shape index (κ2) is 6.23. The van der Waals surface area contributed by atoms with Crippen LogP contribution < -0.4 is 5.32 Å². The third kappa shape index (κ3) is 3.75. The van der Waals surface area contributed by atoms with Gasteiger partial charge in [-0.05, 0) is 18.5 Å². The number of aliphatic carboxylic acids is 1. The summed E-state index contributed by atoms with van der Waals surface area (Å²) in [4.78, 5) is 15.4. The molecule has 0 saturated carbocycles. The number of nitrogens with one attached hydrogen (secondary N) is 1. The van der Waals surface area contributed by atoms with Crippen molar-refractivity contribution in [3.05, 3.63) is 10.4 Å². The lowest BCUT2D eigenvalue weighted by Gasteiger charge is -2.25. The van der Waals surface area contributed by atoms with Crippen LogP contribution in [0.1, 0.15) is 6.42 Å². The predicted octanol–water partition coefficient (Wildman–Crippen LogP) is 0.0452. The van der Waals surface area contributed by atoms with E-state index in [1.165, 1.54) is 0 Å². The Labute approximate surface area is 87.7 Å². The second-order valence-electron chi connectivity index (χ2n) is 3.41. The Bertz CT molecular complexity index is 256. The fourth-order valence-corrected chi connectivity index (χ4v) is 1.64. The maximum atomic E-state index is 11.0. The summed E-state index contributed by atoms with van der Waals surface area (Å²) in [5, 5.41) is 15.5. The summed E-state index contributed by atoms with van der Waals surface area (Å²) in [5.74, 6) is -0.927. The van der Waals surface area contributed by atoms with Crippen LogP contribution in [0, 0.1) is 0 Å². The molecule has 1 unspecified atom stereocenters. The zero-order valence-electron chi connectivity index (χ0n) is 8.46. The molecule has 2 N–H and O–H groups in total. The van der Waals surface area contributed by atoms with Crippen LogP contribution in [-0.2, 0) is 4.79 Å². The molecular formula is C8H15N5O2. The summed E-state index contributed by atoms with van der Waals surface area (Å²) in [7, 11) is 0. The van der Waals surface area contributed by atoms with Gasteiger partial charge in [0.15, 0.2) is 0 Å². The summed E-state index contributed by atoms with van der Waals surface area (Å²) < 4.78 is 0. The minimum atomic E-state index is -0.927. The highest BCUT2D eigenvalue weighted by atomic mass is 16.4. The molecule has 7 heteroatoms. The van der Waals surface area contributed by atoms with Crippen LogP contribution in [-0.4, -0.2) is 54.7 Å². The maximum absolute atomic E-state index is 11.0. The van der Waals surface area contributed by atoms with Gasteiger partial charge >= 0.3 is 5.97 Å². The fourth-order valence-electron chi connectivity index (χ4n) is 1.64. The highest BCUT2D eigenvalue weighted by Gasteiger charge is 2.24. The number of rotatable bonds is 4. The van der Waals surface area contributed by atoms with E-state index in [4.69, 9.17) is 10.6 Å². The summed E-state index contributed by atoms with van der Waals surface area (Å²) in [6, 6.07) is -0.694. The lowest BCUT2D eigenvalue weighted by atomic mass is 10.2. The highest BCUT2D eigenvalue weighted by molar-refractivity contribution is 5.73. The van der Waals surface area contributed by atoms with Gasteiger partial charge in [0.25, 0.3) is 0 Å². The minimum Gasteiger partial charge on any atom is -0.480 e. The molecule has 0 spiro atoms. The molecule has 0 aliphatic carbocycles. The molecule has 15 heavy (non-hydrogen) atoms. The first-order valence-corrected chi connectivity index (χ1v) is 4.94. The SMILES string of the molecule is [N-]=[N+]=NCC(C(=O)O)N1CCCNCC1. The Morgan fingerprint density at radius 3 is 3.07 bits per heavy atom. The Hall–Kier alpha value is -1.30. The molecule has 0 aromatic heterocycles. The van der Waals surface area contributed by atoms with Crippen molar-refractivity contribution in [2.24, 2.45) is 5.11 Å². The maximum Gasteiger partial charge on any atom is 0.321 e. The van der Waals surface area contributed by atoms with Gasteiger partial charge in [-0.1, -0.05) is 5.11 Å². The number of carboxylic acid groups (broad SMARTS) is 1. The van der Waals surface area contributed by atoms with E-state index in [1.807, 2.05) is 4.90 Å². The first-order valence-electron chi connectivity index (χ1n) is 4.94. The summed E-state index contributed by atoms with van der Waals surface area (Å²) in [5.41, 5.74) is 8.19. The lowest BCUT2D eigenvalue weighted by Crippen LogP contribution is -2.44. The van der Waals surface area contributed by atoms with Crippen molar-refractivity contribution >= 4 is 5.97 Å². The van der Waals surface area contributed by atoms with E-state index in [1.54, 1.807) is 0 Å². The number of carboxylic acids is 1. The number of carbonyl (C=O) groups is 1. The Kier molecular flexibility index (Phi) is 4.89. The molecule has 7 nitrogen and oxygen atoms in total. The van der Waals surface area contributed by atoms with Crippen LogP contribution >= 0.6 is 0 Å². The zero-order chi connectivity index (χ0) is 11.1. The van der Waals surface area contributed by atoms with Gasteiger partial charge in [0.05, 0.1) is 6.54 Å². The molecule has 1 aliphatic heterocycles. The van der Waals surface area contributed by atoms with Crippen LogP contribution in [0.15, 0.2) is 5.11 Å². The lowest BCUT2D eigenvalue weighted by molar-refractivity contribution is -0.142. The van der Waals surface area contributed by atoms with Crippen LogP contribution in [0.2, 0.25) is 0 Å². The van der Waals surface area contributed by atoms with Gasteiger partial charge in [-0.15, -0.1) is 0 Å². The smallest absolute Gasteiger partial charge is 0.321 e. The minimum absolute atomic E-state index is 0.00810. The van der Waals surface area contributed by atoms with Crippen molar-refractivity contribution < 1.29 is 9.90 Å². The standard InChI is InChI=1S/C8H15N5O2/c9-12-11-6-7(8(14)15)13-4-1-2-10-3-5-13/h7,10H,1-6H2,(H,14,15). The van der Waals surface area contributed by atoms with E-state index in [0.717, 1.165) is 26.1 Å². The quantitative estimate of drug-likeness (QED) is 0.391. The van der Waals surface area contributed by atoms with Gasteiger partial charge in [0.2, 0.25) is 0 Å². The normalized spacial score (nSPS) is 20.0. The average molecular weight is 213 g/mol. The first kappa shape index (κ1) is 11.8. The van der Waals surface area contributed by atoms with Gasteiger partial charge in [-0.25, -0.2) is 0 Å². The van der Waals surface area contributed by atoms with Crippen molar-refractivity contribution in [1.29, 1.82) is 0 Å².